The largest absolute Gasteiger partial charge is 0.257 e. The third-order valence-corrected chi connectivity index (χ3v) is 5.47. The molecular formula is C21H15BrCl2N2. The van der Waals surface area contributed by atoms with E-state index in [4.69, 9.17) is 28.3 Å². The molecule has 0 aromatic heterocycles. The van der Waals surface area contributed by atoms with E-state index in [-0.39, 0.29) is 6.04 Å². The Balaban J connectivity index is 1.74. The van der Waals surface area contributed by atoms with E-state index in [0.29, 0.717) is 0 Å². The maximum absolute atomic E-state index is 6.07. The van der Waals surface area contributed by atoms with Crippen molar-refractivity contribution in [2.45, 2.75) is 12.5 Å². The Morgan fingerprint density at radius 3 is 2.00 bits per heavy atom. The zero-order chi connectivity index (χ0) is 18.1. The van der Waals surface area contributed by atoms with Gasteiger partial charge >= 0.3 is 0 Å². The molecule has 1 heterocycles. The highest BCUT2D eigenvalue weighted by atomic mass is 79.9. The summed E-state index contributed by atoms with van der Waals surface area (Å²) < 4.78 is 1.05. The summed E-state index contributed by atoms with van der Waals surface area (Å²) in [5, 5.41) is 8.47. The summed E-state index contributed by atoms with van der Waals surface area (Å²) >= 11 is 15.6. The Labute approximate surface area is 171 Å². The van der Waals surface area contributed by atoms with Gasteiger partial charge in [0.2, 0.25) is 0 Å². The van der Waals surface area contributed by atoms with Crippen LogP contribution in [0.4, 0.5) is 5.69 Å². The molecule has 0 N–H and O–H groups in total. The Morgan fingerprint density at radius 1 is 0.808 bits per heavy atom. The number of hydrogen-bond acceptors (Lipinski definition) is 2. The molecule has 26 heavy (non-hydrogen) atoms. The van der Waals surface area contributed by atoms with Gasteiger partial charge in [0.05, 0.1) is 17.4 Å². The fourth-order valence-corrected chi connectivity index (χ4v) is 3.62. The van der Waals surface area contributed by atoms with Crippen molar-refractivity contribution in [2.24, 2.45) is 5.10 Å². The van der Waals surface area contributed by atoms with Crippen molar-refractivity contribution in [2.75, 3.05) is 5.01 Å². The zero-order valence-electron chi connectivity index (χ0n) is 13.7. The van der Waals surface area contributed by atoms with E-state index < -0.39 is 0 Å². The first-order chi connectivity index (χ1) is 12.6. The van der Waals surface area contributed by atoms with Crippen molar-refractivity contribution >= 4 is 50.5 Å². The molecule has 0 saturated heterocycles. The number of benzene rings is 3. The minimum absolute atomic E-state index is 0.124. The normalized spacial score (nSPS) is 16.7. The molecule has 0 amide bonds. The summed E-state index contributed by atoms with van der Waals surface area (Å²) in [5.74, 6) is 0. The molecular weight excluding hydrogens is 431 g/mol. The summed E-state index contributed by atoms with van der Waals surface area (Å²) in [6.45, 7) is 0. The molecule has 1 aliphatic heterocycles. The molecule has 3 aromatic carbocycles. The Kier molecular flexibility index (Phi) is 5.03. The highest BCUT2D eigenvalue weighted by molar-refractivity contribution is 9.10. The van der Waals surface area contributed by atoms with Crippen LogP contribution in [-0.2, 0) is 0 Å². The van der Waals surface area contributed by atoms with Crippen LogP contribution >= 0.6 is 39.1 Å². The molecule has 0 aliphatic carbocycles. The summed E-state index contributed by atoms with van der Waals surface area (Å²) in [6.07, 6.45) is 0.819. The van der Waals surface area contributed by atoms with Gasteiger partial charge in [-0.05, 0) is 59.7 Å². The lowest BCUT2D eigenvalue weighted by Gasteiger charge is -2.24. The summed E-state index contributed by atoms with van der Waals surface area (Å²) in [5.41, 5.74) is 4.37. The van der Waals surface area contributed by atoms with Crippen LogP contribution in [0.25, 0.3) is 0 Å². The molecule has 0 saturated carbocycles. The third-order valence-electron chi connectivity index (χ3n) is 4.43. The van der Waals surface area contributed by atoms with Crippen LogP contribution < -0.4 is 5.01 Å². The summed E-state index contributed by atoms with van der Waals surface area (Å²) in [7, 11) is 0. The molecule has 130 valence electrons. The predicted octanol–water partition coefficient (Wildman–Crippen LogP) is 7.11. The fraction of sp³-hybridized carbons (Fsp3) is 0.0952. The fourth-order valence-electron chi connectivity index (χ4n) is 3.10. The monoisotopic (exact) mass is 444 g/mol. The van der Waals surface area contributed by atoms with Crippen molar-refractivity contribution in [1.82, 2.24) is 0 Å². The Morgan fingerprint density at radius 2 is 1.38 bits per heavy atom. The maximum atomic E-state index is 6.07. The molecule has 1 atom stereocenters. The maximum Gasteiger partial charge on any atom is 0.0831 e. The van der Waals surface area contributed by atoms with E-state index in [2.05, 4.69) is 45.2 Å². The van der Waals surface area contributed by atoms with Gasteiger partial charge in [0.25, 0.3) is 0 Å². The predicted molar refractivity (Wildman–Crippen MR) is 113 cm³/mol. The molecule has 0 bridgehead atoms. The number of rotatable bonds is 3. The van der Waals surface area contributed by atoms with Crippen molar-refractivity contribution in [3.63, 3.8) is 0 Å². The molecule has 4 rings (SSSR count). The van der Waals surface area contributed by atoms with Gasteiger partial charge in [-0.15, -0.1) is 0 Å². The number of halogens is 3. The highest BCUT2D eigenvalue weighted by Crippen LogP contribution is 2.37. The molecule has 5 heteroatoms. The molecule has 0 fully saturated rings. The van der Waals surface area contributed by atoms with Gasteiger partial charge in [0.15, 0.2) is 0 Å². The lowest BCUT2D eigenvalue weighted by atomic mass is 9.98. The quantitative estimate of drug-likeness (QED) is 0.419. The molecule has 3 aromatic rings. The molecule has 0 radical (unpaired) electrons. The minimum atomic E-state index is 0.124. The van der Waals surface area contributed by atoms with Gasteiger partial charge in [-0.2, -0.15) is 5.10 Å². The number of hydrazone groups is 1. The first-order valence-corrected chi connectivity index (χ1v) is 9.79. The third kappa shape index (κ3) is 3.66. The van der Waals surface area contributed by atoms with Crippen LogP contribution in [0.1, 0.15) is 23.6 Å². The number of hydrogen-bond donors (Lipinski definition) is 0. The van der Waals surface area contributed by atoms with Crippen molar-refractivity contribution in [3.8, 4) is 0 Å². The van der Waals surface area contributed by atoms with Gasteiger partial charge in [0.1, 0.15) is 0 Å². The second-order valence-electron chi connectivity index (χ2n) is 6.15. The lowest BCUT2D eigenvalue weighted by Crippen LogP contribution is -2.18. The van der Waals surface area contributed by atoms with Gasteiger partial charge in [-0.1, -0.05) is 63.4 Å². The van der Waals surface area contributed by atoms with Crippen LogP contribution in [0.15, 0.2) is 82.4 Å². The van der Waals surface area contributed by atoms with Gasteiger partial charge in [0, 0.05) is 20.9 Å². The average Bonchev–Trinajstić information content (AvgIpc) is 3.09. The molecule has 1 aliphatic rings. The summed E-state index contributed by atoms with van der Waals surface area (Å²) in [6, 6.07) is 24.2. The van der Waals surface area contributed by atoms with Crippen LogP contribution in [-0.4, -0.2) is 5.71 Å². The average molecular weight is 446 g/mol. The van der Waals surface area contributed by atoms with E-state index in [1.165, 1.54) is 5.56 Å². The zero-order valence-corrected chi connectivity index (χ0v) is 16.8. The second kappa shape index (κ2) is 7.43. The van der Waals surface area contributed by atoms with Crippen molar-refractivity contribution < 1.29 is 0 Å². The van der Waals surface area contributed by atoms with E-state index in [0.717, 1.165) is 37.9 Å². The lowest BCUT2D eigenvalue weighted by molar-refractivity contribution is 0.709. The van der Waals surface area contributed by atoms with Crippen molar-refractivity contribution in [1.29, 1.82) is 0 Å². The SMILES string of the molecule is Clc1ccc(C2=NN(c3ccc(Br)cc3)[C@H](c3ccc(Cl)cc3)C2)cc1. The van der Waals surface area contributed by atoms with E-state index >= 15 is 0 Å². The Bertz CT molecular complexity index is 935. The van der Waals surface area contributed by atoms with Gasteiger partial charge in [-0.25, -0.2) is 0 Å². The van der Waals surface area contributed by atoms with Crippen LogP contribution in [0.5, 0.6) is 0 Å². The minimum Gasteiger partial charge on any atom is -0.257 e. The Hall–Kier alpha value is -1.81. The highest BCUT2D eigenvalue weighted by Gasteiger charge is 2.29. The van der Waals surface area contributed by atoms with Crippen LogP contribution in [0.2, 0.25) is 10.0 Å². The molecule has 0 unspecified atom stereocenters. The first-order valence-electron chi connectivity index (χ1n) is 8.24. The van der Waals surface area contributed by atoms with Gasteiger partial charge in [-0.3, -0.25) is 5.01 Å². The van der Waals surface area contributed by atoms with E-state index in [1.807, 2.05) is 48.5 Å². The van der Waals surface area contributed by atoms with Crippen molar-refractivity contribution in [3.05, 3.63) is 98.4 Å². The molecule has 2 nitrogen and oxygen atoms in total. The van der Waals surface area contributed by atoms with Crippen LogP contribution in [0, 0.1) is 0 Å². The smallest absolute Gasteiger partial charge is 0.0831 e. The van der Waals surface area contributed by atoms with E-state index in [1.54, 1.807) is 0 Å². The van der Waals surface area contributed by atoms with Crippen LogP contribution in [0.3, 0.4) is 0 Å². The van der Waals surface area contributed by atoms with Gasteiger partial charge < -0.3 is 0 Å². The first kappa shape index (κ1) is 17.6. The van der Waals surface area contributed by atoms with E-state index in [9.17, 15) is 0 Å². The topological polar surface area (TPSA) is 15.6 Å². The molecule has 0 spiro atoms. The standard InChI is InChI=1S/C21H15BrCl2N2/c22-16-5-11-19(12-6-16)26-21(15-3-9-18(24)10-4-15)13-20(25-26)14-1-7-17(23)8-2-14/h1-12,21H,13H2/t21-/m0/s1. The number of nitrogens with zero attached hydrogens (tertiary/aromatic N) is 2. The second-order valence-corrected chi connectivity index (χ2v) is 7.93. The number of anilines is 1. The summed E-state index contributed by atoms with van der Waals surface area (Å²) in [4.78, 5) is 0.